The van der Waals surface area contributed by atoms with Crippen LogP contribution in [0.5, 0.6) is 5.75 Å². The van der Waals surface area contributed by atoms with Crippen molar-refractivity contribution in [3.05, 3.63) is 58.1 Å². The minimum absolute atomic E-state index is 0.0398. The summed E-state index contributed by atoms with van der Waals surface area (Å²) in [4.78, 5) is 27.1. The first kappa shape index (κ1) is 20.3. The van der Waals surface area contributed by atoms with Crippen LogP contribution in [0.2, 0.25) is 0 Å². The lowest BCUT2D eigenvalue weighted by molar-refractivity contribution is -0.385. The molecule has 2 N–H and O–H groups in total. The van der Waals surface area contributed by atoms with Gasteiger partial charge in [0, 0.05) is 17.3 Å². The van der Waals surface area contributed by atoms with Crippen LogP contribution in [0, 0.1) is 17.0 Å². The van der Waals surface area contributed by atoms with Gasteiger partial charge in [-0.05, 0) is 32.0 Å². The van der Waals surface area contributed by atoms with Crippen molar-refractivity contribution < 1.29 is 14.5 Å². The third-order valence-electron chi connectivity index (χ3n) is 3.93. The van der Waals surface area contributed by atoms with Crippen molar-refractivity contribution in [3.63, 3.8) is 0 Å². The number of ether oxygens (including phenoxy) is 1. The predicted molar refractivity (Wildman–Crippen MR) is 110 cm³/mol. The lowest BCUT2D eigenvalue weighted by Gasteiger charge is -2.06. The van der Waals surface area contributed by atoms with E-state index in [2.05, 4.69) is 20.5 Å². The van der Waals surface area contributed by atoms with E-state index in [-0.39, 0.29) is 17.3 Å². The Bertz CT molecular complexity index is 1040. The van der Waals surface area contributed by atoms with Gasteiger partial charge < -0.3 is 10.1 Å². The predicted octanol–water partition coefficient (Wildman–Crippen LogP) is 3.82. The second-order valence-corrected chi connectivity index (χ2v) is 6.93. The largest absolute Gasteiger partial charge is 0.493 e. The Kier molecular flexibility index (Phi) is 6.45. The van der Waals surface area contributed by atoms with E-state index in [0.717, 1.165) is 17.3 Å². The van der Waals surface area contributed by atoms with Gasteiger partial charge in [-0.3, -0.25) is 20.0 Å². The van der Waals surface area contributed by atoms with Gasteiger partial charge in [0.2, 0.25) is 11.1 Å². The first-order chi connectivity index (χ1) is 14.0. The molecule has 29 heavy (non-hydrogen) atoms. The van der Waals surface area contributed by atoms with E-state index >= 15 is 0 Å². The number of para-hydroxylation sites is 1. The van der Waals surface area contributed by atoms with Gasteiger partial charge in [-0.2, -0.15) is 0 Å². The van der Waals surface area contributed by atoms with Crippen molar-refractivity contribution in [2.75, 3.05) is 17.7 Å². The maximum Gasteiger partial charge on any atom is 0.274 e. The summed E-state index contributed by atoms with van der Waals surface area (Å²) in [5.74, 6) is 0.994. The molecule has 0 spiro atoms. The summed E-state index contributed by atoms with van der Waals surface area (Å²) in [6.45, 7) is 4.08. The van der Waals surface area contributed by atoms with Crippen molar-refractivity contribution >= 4 is 29.0 Å². The number of aromatic nitrogens is 3. The van der Waals surface area contributed by atoms with E-state index in [1.54, 1.807) is 19.1 Å². The van der Waals surface area contributed by atoms with E-state index < -0.39 is 4.92 Å². The maximum absolute atomic E-state index is 12.2. The molecule has 150 valence electrons. The minimum Gasteiger partial charge on any atom is -0.493 e. The molecule has 0 saturated carbocycles. The zero-order valence-corrected chi connectivity index (χ0v) is 16.7. The number of hydrogen-bond donors (Lipinski definition) is 2. The lowest BCUT2D eigenvalue weighted by Crippen LogP contribution is -2.14. The van der Waals surface area contributed by atoms with E-state index in [1.807, 2.05) is 31.2 Å². The van der Waals surface area contributed by atoms with E-state index in [9.17, 15) is 14.9 Å². The molecule has 0 fully saturated rings. The molecule has 0 saturated heterocycles. The lowest BCUT2D eigenvalue weighted by atomic mass is 10.2. The number of H-pyrrole nitrogens is 1. The van der Waals surface area contributed by atoms with Crippen molar-refractivity contribution in [1.82, 2.24) is 15.2 Å². The van der Waals surface area contributed by atoms with Gasteiger partial charge in [-0.25, -0.2) is 4.98 Å². The number of carbonyl (C=O) groups excluding carboxylic acids is 1. The molecule has 1 heterocycles. The molecule has 10 heteroatoms. The first-order valence-electron chi connectivity index (χ1n) is 8.80. The fourth-order valence-corrected chi connectivity index (χ4v) is 3.18. The Balaban J connectivity index is 1.62. The van der Waals surface area contributed by atoms with Crippen LogP contribution in [-0.4, -0.2) is 38.4 Å². The quantitative estimate of drug-likeness (QED) is 0.327. The molecule has 0 unspecified atom stereocenters. The monoisotopic (exact) mass is 413 g/mol. The minimum atomic E-state index is -0.477. The van der Waals surface area contributed by atoms with Crippen LogP contribution in [0.4, 0.5) is 11.4 Å². The second-order valence-electron chi connectivity index (χ2n) is 5.99. The second kappa shape index (κ2) is 9.20. The molecule has 0 aliphatic heterocycles. The summed E-state index contributed by atoms with van der Waals surface area (Å²) in [5, 5.41) is 21.1. The number of nitro groups is 1. The molecule has 0 atom stereocenters. The molecule has 1 aromatic heterocycles. The van der Waals surface area contributed by atoms with Gasteiger partial charge in [0.15, 0.2) is 5.82 Å². The average molecular weight is 413 g/mol. The van der Waals surface area contributed by atoms with Gasteiger partial charge in [0.05, 0.1) is 22.8 Å². The van der Waals surface area contributed by atoms with Gasteiger partial charge in [0.1, 0.15) is 5.75 Å². The third-order valence-corrected chi connectivity index (χ3v) is 4.78. The van der Waals surface area contributed by atoms with Crippen LogP contribution < -0.4 is 10.1 Å². The van der Waals surface area contributed by atoms with E-state index in [4.69, 9.17) is 4.74 Å². The summed E-state index contributed by atoms with van der Waals surface area (Å²) >= 11 is 1.16. The number of carbonyl (C=O) groups is 1. The van der Waals surface area contributed by atoms with Crippen LogP contribution in [-0.2, 0) is 4.79 Å². The number of nitrogens with zero attached hydrogens (tertiary/aromatic N) is 3. The number of hydrogen-bond acceptors (Lipinski definition) is 7. The average Bonchev–Trinajstić information content (AvgIpc) is 3.17. The van der Waals surface area contributed by atoms with Gasteiger partial charge in [0.25, 0.3) is 5.69 Å². The first-order valence-corrected chi connectivity index (χ1v) is 9.78. The van der Waals surface area contributed by atoms with Crippen LogP contribution in [0.15, 0.2) is 47.6 Å². The normalized spacial score (nSPS) is 10.6. The molecular weight excluding hydrogens is 394 g/mol. The molecular formula is C19H19N5O4S. The fourth-order valence-electron chi connectivity index (χ4n) is 2.59. The summed E-state index contributed by atoms with van der Waals surface area (Å²) in [6, 6.07) is 12.0. The van der Waals surface area contributed by atoms with Crippen LogP contribution in [0.1, 0.15) is 12.5 Å². The Morgan fingerprint density at radius 1 is 1.31 bits per heavy atom. The Hall–Kier alpha value is -3.40. The molecule has 3 rings (SSSR count). The molecule has 3 aromatic rings. The highest BCUT2D eigenvalue weighted by atomic mass is 32.2. The standard InChI is InChI=1S/C19H19N5O4S/c1-3-28-16-7-5-4-6-14(16)18-21-19(23-22-18)29-11-17(25)20-13-9-8-12(2)15(10-13)24(26)27/h4-10H,3,11H2,1-2H3,(H,20,25)(H,21,22,23). The van der Waals surface area contributed by atoms with Crippen LogP contribution in [0.3, 0.4) is 0 Å². The van der Waals surface area contributed by atoms with E-state index in [0.29, 0.717) is 34.6 Å². The van der Waals surface area contributed by atoms with Crippen molar-refractivity contribution in [3.8, 4) is 17.1 Å². The molecule has 0 bridgehead atoms. The molecule has 9 nitrogen and oxygen atoms in total. The summed E-state index contributed by atoms with van der Waals surface area (Å²) in [6.07, 6.45) is 0. The summed E-state index contributed by atoms with van der Waals surface area (Å²) in [5.41, 5.74) is 1.64. The molecule has 2 aromatic carbocycles. The van der Waals surface area contributed by atoms with Gasteiger partial charge >= 0.3 is 0 Å². The topological polar surface area (TPSA) is 123 Å². The van der Waals surface area contributed by atoms with E-state index in [1.165, 1.54) is 6.07 Å². The Labute approximate surface area is 171 Å². The number of benzene rings is 2. The van der Waals surface area contributed by atoms with Gasteiger partial charge in [-0.15, -0.1) is 5.10 Å². The summed E-state index contributed by atoms with van der Waals surface area (Å²) in [7, 11) is 0. The highest BCUT2D eigenvalue weighted by molar-refractivity contribution is 7.99. The van der Waals surface area contributed by atoms with Gasteiger partial charge in [-0.1, -0.05) is 30.0 Å². The Morgan fingerprint density at radius 2 is 2.10 bits per heavy atom. The van der Waals surface area contributed by atoms with Crippen molar-refractivity contribution in [2.24, 2.45) is 0 Å². The van der Waals surface area contributed by atoms with Crippen molar-refractivity contribution in [1.29, 1.82) is 0 Å². The fraction of sp³-hybridized carbons (Fsp3) is 0.211. The number of aryl methyl sites for hydroxylation is 1. The van der Waals surface area contributed by atoms with Crippen molar-refractivity contribution in [2.45, 2.75) is 19.0 Å². The molecule has 1 amide bonds. The highest BCUT2D eigenvalue weighted by Crippen LogP contribution is 2.28. The smallest absolute Gasteiger partial charge is 0.274 e. The van der Waals surface area contributed by atoms with Crippen LogP contribution in [0.25, 0.3) is 11.4 Å². The maximum atomic E-state index is 12.2. The number of anilines is 1. The zero-order chi connectivity index (χ0) is 20.8. The third kappa shape index (κ3) is 5.11. The number of nitrogens with one attached hydrogen (secondary N) is 2. The summed E-state index contributed by atoms with van der Waals surface area (Å²) < 4.78 is 5.59. The van der Waals surface area contributed by atoms with Crippen LogP contribution >= 0.6 is 11.8 Å². The number of amides is 1. The number of rotatable bonds is 8. The number of thioether (sulfide) groups is 1. The molecule has 0 radical (unpaired) electrons. The molecule has 0 aliphatic carbocycles. The zero-order valence-electron chi connectivity index (χ0n) is 15.8. The molecule has 0 aliphatic rings. The number of nitro benzene ring substituents is 1. The number of aromatic amines is 1. The highest BCUT2D eigenvalue weighted by Gasteiger charge is 2.14. The Morgan fingerprint density at radius 3 is 2.86 bits per heavy atom. The SMILES string of the molecule is CCOc1ccccc1-c1nc(SCC(=O)Nc2ccc(C)c([N+](=O)[O-])c2)n[nH]1.